The second-order valence-corrected chi connectivity index (χ2v) is 5.42. The number of hydrogen-bond donors (Lipinski definition) is 0. The topological polar surface area (TPSA) is 62.5 Å². The quantitative estimate of drug-likeness (QED) is 0.866. The number of carbonyl (C=O) groups is 1. The standard InChI is InChI=1S/C16H20N4O2/c1-2-9-19-10-6-11-20(12-14(19)21)16-17-15(22-18-16)13-7-4-3-5-8-13/h3-5,7-8H,2,6,9-12H2,1H3. The number of aromatic nitrogens is 2. The van der Waals surface area contributed by atoms with Gasteiger partial charge in [-0.05, 0) is 30.1 Å². The van der Waals surface area contributed by atoms with Crippen molar-refractivity contribution in [2.75, 3.05) is 31.1 Å². The lowest BCUT2D eigenvalue weighted by Gasteiger charge is -2.20. The number of benzene rings is 1. The third kappa shape index (κ3) is 3.10. The Labute approximate surface area is 129 Å². The molecule has 0 atom stereocenters. The Morgan fingerprint density at radius 3 is 2.82 bits per heavy atom. The smallest absolute Gasteiger partial charge is 0.266 e. The molecule has 116 valence electrons. The van der Waals surface area contributed by atoms with Gasteiger partial charge in [0.2, 0.25) is 5.91 Å². The summed E-state index contributed by atoms with van der Waals surface area (Å²) in [5.74, 6) is 1.11. The van der Waals surface area contributed by atoms with Crippen LogP contribution in [0.3, 0.4) is 0 Å². The van der Waals surface area contributed by atoms with Gasteiger partial charge in [0.15, 0.2) is 0 Å². The van der Waals surface area contributed by atoms with Crippen LogP contribution in [0.15, 0.2) is 34.9 Å². The normalized spacial score (nSPS) is 16.0. The van der Waals surface area contributed by atoms with Crippen LogP contribution in [0, 0.1) is 0 Å². The molecule has 3 rings (SSSR count). The Morgan fingerprint density at radius 2 is 2.05 bits per heavy atom. The lowest BCUT2D eigenvalue weighted by molar-refractivity contribution is -0.129. The van der Waals surface area contributed by atoms with E-state index in [0.717, 1.165) is 38.0 Å². The second kappa shape index (κ2) is 6.60. The maximum Gasteiger partial charge on any atom is 0.266 e. The zero-order valence-electron chi connectivity index (χ0n) is 12.7. The lowest BCUT2D eigenvalue weighted by Crippen LogP contribution is -2.37. The zero-order valence-corrected chi connectivity index (χ0v) is 12.7. The molecule has 2 aromatic rings. The highest BCUT2D eigenvalue weighted by Crippen LogP contribution is 2.20. The van der Waals surface area contributed by atoms with E-state index in [9.17, 15) is 4.79 Å². The van der Waals surface area contributed by atoms with Gasteiger partial charge < -0.3 is 14.3 Å². The Kier molecular flexibility index (Phi) is 4.37. The van der Waals surface area contributed by atoms with Crippen LogP contribution in [-0.4, -0.2) is 47.1 Å². The summed E-state index contributed by atoms with van der Waals surface area (Å²) < 4.78 is 5.33. The minimum Gasteiger partial charge on any atom is -0.341 e. The Hall–Kier alpha value is -2.37. The molecule has 1 aromatic heterocycles. The third-order valence-corrected chi connectivity index (χ3v) is 3.75. The number of hydrogen-bond acceptors (Lipinski definition) is 5. The van der Waals surface area contributed by atoms with E-state index in [2.05, 4.69) is 17.1 Å². The molecule has 2 heterocycles. The van der Waals surface area contributed by atoms with Crippen LogP contribution in [0.1, 0.15) is 19.8 Å². The van der Waals surface area contributed by atoms with Crippen molar-refractivity contribution in [3.63, 3.8) is 0 Å². The summed E-state index contributed by atoms with van der Waals surface area (Å²) in [6.07, 6.45) is 1.90. The molecule has 0 bridgehead atoms. The summed E-state index contributed by atoms with van der Waals surface area (Å²) >= 11 is 0. The Bertz CT molecular complexity index is 626. The number of nitrogens with zero attached hydrogens (tertiary/aromatic N) is 4. The zero-order chi connectivity index (χ0) is 15.4. The summed E-state index contributed by atoms with van der Waals surface area (Å²) in [6, 6.07) is 9.65. The number of anilines is 1. The number of rotatable bonds is 4. The lowest BCUT2D eigenvalue weighted by atomic mass is 10.2. The van der Waals surface area contributed by atoms with Crippen molar-refractivity contribution in [2.24, 2.45) is 0 Å². The molecule has 0 aliphatic carbocycles. The number of amides is 1. The first-order valence-electron chi connectivity index (χ1n) is 7.70. The fourth-order valence-corrected chi connectivity index (χ4v) is 2.64. The number of carbonyl (C=O) groups excluding carboxylic acids is 1. The van der Waals surface area contributed by atoms with Crippen molar-refractivity contribution >= 4 is 11.9 Å². The highest BCUT2D eigenvalue weighted by molar-refractivity contribution is 5.81. The van der Waals surface area contributed by atoms with E-state index >= 15 is 0 Å². The molecule has 6 heteroatoms. The third-order valence-electron chi connectivity index (χ3n) is 3.75. The maximum absolute atomic E-state index is 12.3. The summed E-state index contributed by atoms with van der Waals surface area (Å²) in [7, 11) is 0. The largest absolute Gasteiger partial charge is 0.341 e. The van der Waals surface area contributed by atoms with Gasteiger partial charge in [-0.15, -0.1) is 0 Å². The molecule has 0 spiro atoms. The summed E-state index contributed by atoms with van der Waals surface area (Å²) in [5.41, 5.74) is 0.884. The summed E-state index contributed by atoms with van der Waals surface area (Å²) in [6.45, 7) is 4.77. The fourth-order valence-electron chi connectivity index (χ4n) is 2.64. The molecule has 22 heavy (non-hydrogen) atoms. The first-order valence-corrected chi connectivity index (χ1v) is 7.70. The maximum atomic E-state index is 12.3. The van der Waals surface area contributed by atoms with Crippen molar-refractivity contribution in [1.29, 1.82) is 0 Å². The predicted molar refractivity (Wildman–Crippen MR) is 83.4 cm³/mol. The van der Waals surface area contributed by atoms with E-state index in [4.69, 9.17) is 4.52 Å². The van der Waals surface area contributed by atoms with Gasteiger partial charge in [0, 0.05) is 25.2 Å². The molecular weight excluding hydrogens is 280 g/mol. The van der Waals surface area contributed by atoms with Gasteiger partial charge in [0.05, 0.1) is 0 Å². The fraction of sp³-hybridized carbons (Fsp3) is 0.438. The van der Waals surface area contributed by atoms with Crippen LogP contribution in [0.5, 0.6) is 0 Å². The molecule has 0 radical (unpaired) electrons. The second-order valence-electron chi connectivity index (χ2n) is 5.42. The van der Waals surface area contributed by atoms with E-state index in [1.807, 2.05) is 40.1 Å². The van der Waals surface area contributed by atoms with Crippen molar-refractivity contribution in [3.8, 4) is 11.5 Å². The van der Waals surface area contributed by atoms with Gasteiger partial charge in [-0.25, -0.2) is 0 Å². The van der Waals surface area contributed by atoms with Crippen LogP contribution in [-0.2, 0) is 4.79 Å². The molecule has 1 aliphatic heterocycles. The first kappa shape index (κ1) is 14.6. The van der Waals surface area contributed by atoms with Crippen molar-refractivity contribution in [1.82, 2.24) is 15.0 Å². The molecule has 1 amide bonds. The molecule has 0 N–H and O–H groups in total. The molecule has 1 fully saturated rings. The van der Waals surface area contributed by atoms with Crippen molar-refractivity contribution in [2.45, 2.75) is 19.8 Å². The van der Waals surface area contributed by atoms with Crippen LogP contribution in [0.4, 0.5) is 5.95 Å². The predicted octanol–water partition coefficient (Wildman–Crippen LogP) is 2.19. The highest BCUT2D eigenvalue weighted by atomic mass is 16.5. The summed E-state index contributed by atoms with van der Waals surface area (Å²) in [4.78, 5) is 20.5. The average Bonchev–Trinajstić information content (AvgIpc) is 2.96. The average molecular weight is 300 g/mol. The molecular formula is C16H20N4O2. The Morgan fingerprint density at radius 1 is 1.23 bits per heavy atom. The molecule has 1 aliphatic rings. The Balaban J connectivity index is 1.75. The molecule has 6 nitrogen and oxygen atoms in total. The van der Waals surface area contributed by atoms with Gasteiger partial charge in [-0.1, -0.05) is 25.1 Å². The minimum atomic E-state index is 0.130. The van der Waals surface area contributed by atoms with E-state index in [0.29, 0.717) is 18.4 Å². The van der Waals surface area contributed by atoms with Crippen LogP contribution >= 0.6 is 0 Å². The van der Waals surface area contributed by atoms with E-state index in [1.54, 1.807) is 0 Å². The highest BCUT2D eigenvalue weighted by Gasteiger charge is 2.24. The van der Waals surface area contributed by atoms with Gasteiger partial charge in [-0.3, -0.25) is 4.79 Å². The van der Waals surface area contributed by atoms with E-state index in [1.165, 1.54) is 0 Å². The molecule has 1 saturated heterocycles. The molecule has 0 saturated carbocycles. The van der Waals surface area contributed by atoms with Crippen molar-refractivity contribution in [3.05, 3.63) is 30.3 Å². The van der Waals surface area contributed by atoms with Crippen molar-refractivity contribution < 1.29 is 9.32 Å². The van der Waals surface area contributed by atoms with Gasteiger partial charge >= 0.3 is 0 Å². The summed E-state index contributed by atoms with van der Waals surface area (Å²) in [5, 5.41) is 4.03. The van der Waals surface area contributed by atoms with E-state index < -0.39 is 0 Å². The van der Waals surface area contributed by atoms with Gasteiger partial charge in [-0.2, -0.15) is 4.98 Å². The minimum absolute atomic E-state index is 0.130. The van der Waals surface area contributed by atoms with Crippen LogP contribution < -0.4 is 4.90 Å². The van der Waals surface area contributed by atoms with Gasteiger partial charge in [0.1, 0.15) is 6.54 Å². The van der Waals surface area contributed by atoms with Gasteiger partial charge in [0.25, 0.3) is 11.8 Å². The molecule has 0 unspecified atom stereocenters. The van der Waals surface area contributed by atoms with E-state index in [-0.39, 0.29) is 5.91 Å². The van der Waals surface area contributed by atoms with Crippen LogP contribution in [0.25, 0.3) is 11.5 Å². The SMILES string of the molecule is CCCN1CCCN(c2noc(-c3ccccc3)n2)CC1=O. The first-order chi connectivity index (χ1) is 10.8. The molecule has 1 aromatic carbocycles. The van der Waals surface area contributed by atoms with Crippen LogP contribution in [0.2, 0.25) is 0 Å². The monoisotopic (exact) mass is 300 g/mol.